The highest BCUT2D eigenvalue weighted by Crippen LogP contribution is 2.32. The monoisotopic (exact) mass is 514 g/mol. The number of nitrogens with one attached hydrogen (secondary N) is 3. The Morgan fingerprint density at radius 2 is 1.74 bits per heavy atom. The molecule has 3 fully saturated rings. The molecule has 1 unspecified atom stereocenters. The van der Waals surface area contributed by atoms with Gasteiger partial charge < -0.3 is 19.9 Å². The van der Waals surface area contributed by atoms with Gasteiger partial charge in [-0.15, -0.1) is 0 Å². The maximum atomic E-state index is 12.6. The van der Waals surface area contributed by atoms with Gasteiger partial charge in [0, 0.05) is 54.6 Å². The number of piperidine rings is 1. The van der Waals surface area contributed by atoms with Crippen LogP contribution in [0.5, 0.6) is 5.75 Å². The third-order valence-electron chi connectivity index (χ3n) is 8.19. The highest BCUT2D eigenvalue weighted by atomic mass is 16.5. The summed E-state index contributed by atoms with van der Waals surface area (Å²) in [6.45, 7) is 2.64. The standard InChI is InChI=1S/C19H22N2O4.C11H12N2/c22-17-9-8-16(18(23)20-17)21-11-12-10-14(6-7-15(12)19(21)24)25-13-4-2-1-3-5-13;1-2-4-11-9(3-1)10(7-13-11)8-5-12-6-8/h6-7,10,13,16H,1-5,8-9,11H2,(H,20,22,23);1-4,7-8,12-13H,5-6H2. The molecule has 1 aliphatic carbocycles. The Hall–Kier alpha value is -3.65. The van der Waals surface area contributed by atoms with Crippen LogP contribution in [0.3, 0.4) is 0 Å². The largest absolute Gasteiger partial charge is 0.490 e. The van der Waals surface area contributed by atoms with Gasteiger partial charge in [0.25, 0.3) is 5.91 Å². The van der Waals surface area contributed by atoms with E-state index in [4.69, 9.17) is 4.74 Å². The fourth-order valence-corrected chi connectivity index (χ4v) is 5.94. The van der Waals surface area contributed by atoms with Crippen LogP contribution in [0.15, 0.2) is 48.7 Å². The molecule has 3 aromatic rings. The number of benzene rings is 2. The number of rotatable bonds is 4. The van der Waals surface area contributed by atoms with E-state index in [0.717, 1.165) is 43.2 Å². The molecule has 0 bridgehead atoms. The molecule has 7 rings (SSSR count). The highest BCUT2D eigenvalue weighted by Gasteiger charge is 2.39. The van der Waals surface area contributed by atoms with Gasteiger partial charge in [0.1, 0.15) is 11.8 Å². The van der Waals surface area contributed by atoms with E-state index in [-0.39, 0.29) is 30.2 Å². The Labute approximate surface area is 222 Å². The van der Waals surface area contributed by atoms with Crippen LogP contribution in [0.1, 0.15) is 72.3 Å². The number of hydrogen-bond acceptors (Lipinski definition) is 5. The molecule has 38 heavy (non-hydrogen) atoms. The number of nitrogens with zero attached hydrogens (tertiary/aromatic N) is 1. The molecule has 3 aliphatic heterocycles. The van der Waals surface area contributed by atoms with Gasteiger partial charge in [-0.3, -0.25) is 19.7 Å². The summed E-state index contributed by atoms with van der Waals surface area (Å²) < 4.78 is 6.08. The van der Waals surface area contributed by atoms with Crippen molar-refractivity contribution >= 4 is 28.6 Å². The minimum atomic E-state index is -0.569. The number of carbonyl (C=O) groups is 3. The van der Waals surface area contributed by atoms with Crippen LogP contribution in [0, 0.1) is 0 Å². The predicted octanol–water partition coefficient (Wildman–Crippen LogP) is 4.01. The second-order valence-corrected chi connectivity index (χ2v) is 10.7. The molecule has 8 nitrogen and oxygen atoms in total. The Balaban J connectivity index is 0.000000169. The smallest absolute Gasteiger partial charge is 0.255 e. The van der Waals surface area contributed by atoms with Crippen LogP contribution in [0.25, 0.3) is 10.9 Å². The molecule has 1 atom stereocenters. The first kappa shape index (κ1) is 24.7. The number of ether oxygens (including phenoxy) is 1. The summed E-state index contributed by atoms with van der Waals surface area (Å²) in [6, 6.07) is 13.5. The number of para-hydroxylation sites is 1. The molecular weight excluding hydrogens is 480 g/mol. The maximum Gasteiger partial charge on any atom is 0.255 e. The number of hydrogen-bond donors (Lipinski definition) is 3. The molecule has 1 saturated carbocycles. The predicted molar refractivity (Wildman–Crippen MR) is 144 cm³/mol. The van der Waals surface area contributed by atoms with E-state index in [1.807, 2.05) is 12.1 Å². The SMILES string of the molecule is O=C1CCC(N2Cc3cc(OC4CCCCC4)ccc3C2=O)C(=O)N1.c1ccc2c(C3CNC3)c[nH]c2c1. The van der Waals surface area contributed by atoms with E-state index >= 15 is 0 Å². The summed E-state index contributed by atoms with van der Waals surface area (Å²) >= 11 is 0. The lowest BCUT2D eigenvalue weighted by atomic mass is 9.93. The second-order valence-electron chi connectivity index (χ2n) is 10.7. The van der Waals surface area contributed by atoms with Gasteiger partial charge in [0.2, 0.25) is 11.8 Å². The number of H-pyrrole nitrogens is 1. The summed E-state index contributed by atoms with van der Waals surface area (Å²) in [7, 11) is 0. The van der Waals surface area contributed by atoms with E-state index in [1.165, 1.54) is 35.7 Å². The Kier molecular flexibility index (Phi) is 6.89. The third kappa shape index (κ3) is 4.92. The molecule has 198 valence electrons. The summed E-state index contributed by atoms with van der Waals surface area (Å²) in [5, 5.41) is 7.01. The lowest BCUT2D eigenvalue weighted by Gasteiger charge is -2.29. The quantitative estimate of drug-likeness (QED) is 0.457. The summed E-state index contributed by atoms with van der Waals surface area (Å²) in [5.41, 5.74) is 4.24. The molecule has 2 aromatic carbocycles. The van der Waals surface area contributed by atoms with Crippen LogP contribution in [-0.2, 0) is 16.1 Å². The van der Waals surface area contributed by atoms with Crippen molar-refractivity contribution in [3.63, 3.8) is 0 Å². The second kappa shape index (κ2) is 10.6. The van der Waals surface area contributed by atoms with Gasteiger partial charge in [-0.2, -0.15) is 0 Å². The molecule has 0 spiro atoms. The normalized spacial score (nSPS) is 21.9. The fraction of sp³-hybridized carbons (Fsp3) is 0.433. The number of amides is 3. The fourth-order valence-electron chi connectivity index (χ4n) is 5.94. The van der Waals surface area contributed by atoms with Gasteiger partial charge in [-0.1, -0.05) is 24.6 Å². The number of imide groups is 1. The highest BCUT2D eigenvalue weighted by molar-refractivity contribution is 6.05. The zero-order valence-electron chi connectivity index (χ0n) is 21.5. The van der Waals surface area contributed by atoms with Crippen molar-refractivity contribution in [3.8, 4) is 5.75 Å². The van der Waals surface area contributed by atoms with Crippen molar-refractivity contribution in [2.75, 3.05) is 13.1 Å². The van der Waals surface area contributed by atoms with Gasteiger partial charge in [0.15, 0.2) is 0 Å². The maximum absolute atomic E-state index is 12.6. The third-order valence-corrected chi connectivity index (χ3v) is 8.19. The van der Waals surface area contributed by atoms with Crippen molar-refractivity contribution in [1.82, 2.24) is 20.5 Å². The number of aromatic nitrogens is 1. The van der Waals surface area contributed by atoms with Crippen LogP contribution >= 0.6 is 0 Å². The molecular formula is C30H34N4O4. The molecule has 4 aliphatic rings. The van der Waals surface area contributed by atoms with Crippen LogP contribution in [0.2, 0.25) is 0 Å². The average molecular weight is 515 g/mol. The summed E-state index contributed by atoms with van der Waals surface area (Å²) in [5.74, 6) is 0.720. The molecule has 2 saturated heterocycles. The van der Waals surface area contributed by atoms with Crippen LogP contribution in [0.4, 0.5) is 0 Å². The lowest BCUT2D eigenvalue weighted by molar-refractivity contribution is -0.136. The lowest BCUT2D eigenvalue weighted by Crippen LogP contribution is -2.52. The topological polar surface area (TPSA) is 104 Å². The molecule has 0 radical (unpaired) electrons. The minimum Gasteiger partial charge on any atom is -0.490 e. The molecule has 3 N–H and O–H groups in total. The number of carbonyl (C=O) groups excluding carboxylic acids is 3. The van der Waals surface area contributed by atoms with E-state index in [9.17, 15) is 14.4 Å². The number of fused-ring (bicyclic) bond motifs is 2. The van der Waals surface area contributed by atoms with Crippen molar-refractivity contribution in [2.24, 2.45) is 0 Å². The molecule has 1 aromatic heterocycles. The van der Waals surface area contributed by atoms with Crippen molar-refractivity contribution in [3.05, 3.63) is 65.4 Å². The van der Waals surface area contributed by atoms with Gasteiger partial charge in [0.05, 0.1) is 6.10 Å². The van der Waals surface area contributed by atoms with Crippen LogP contribution < -0.4 is 15.4 Å². The first-order valence-corrected chi connectivity index (χ1v) is 13.8. The minimum absolute atomic E-state index is 0.145. The molecule has 4 heterocycles. The van der Waals surface area contributed by atoms with E-state index in [1.54, 1.807) is 11.0 Å². The van der Waals surface area contributed by atoms with E-state index in [2.05, 4.69) is 46.1 Å². The Morgan fingerprint density at radius 1 is 0.921 bits per heavy atom. The molecule has 8 heteroatoms. The van der Waals surface area contributed by atoms with E-state index < -0.39 is 6.04 Å². The van der Waals surface area contributed by atoms with Gasteiger partial charge in [-0.05, 0) is 67.5 Å². The Bertz CT molecular complexity index is 1360. The zero-order chi connectivity index (χ0) is 26.1. The van der Waals surface area contributed by atoms with Crippen molar-refractivity contribution < 1.29 is 19.1 Å². The van der Waals surface area contributed by atoms with Gasteiger partial charge in [-0.25, -0.2) is 0 Å². The zero-order valence-corrected chi connectivity index (χ0v) is 21.5. The Morgan fingerprint density at radius 3 is 2.50 bits per heavy atom. The molecule has 3 amide bonds. The van der Waals surface area contributed by atoms with Crippen LogP contribution in [-0.4, -0.2) is 52.8 Å². The summed E-state index contributed by atoms with van der Waals surface area (Å²) in [6.07, 6.45) is 8.92. The summed E-state index contributed by atoms with van der Waals surface area (Å²) in [4.78, 5) is 40.9. The van der Waals surface area contributed by atoms with E-state index in [0.29, 0.717) is 18.5 Å². The average Bonchev–Trinajstić information content (AvgIpc) is 3.45. The van der Waals surface area contributed by atoms with Crippen molar-refractivity contribution in [1.29, 1.82) is 0 Å². The first-order chi connectivity index (χ1) is 18.6. The number of aromatic amines is 1. The first-order valence-electron chi connectivity index (χ1n) is 13.8. The van der Waals surface area contributed by atoms with Crippen molar-refractivity contribution in [2.45, 2.75) is 69.6 Å². The van der Waals surface area contributed by atoms with Gasteiger partial charge >= 0.3 is 0 Å².